The first-order valence-electron chi connectivity index (χ1n) is 10.7. The van der Waals surface area contributed by atoms with Crippen molar-refractivity contribution < 1.29 is 18.4 Å². The summed E-state index contributed by atoms with van der Waals surface area (Å²) in [7, 11) is 0. The number of nitrogens with one attached hydrogen (secondary N) is 1. The summed E-state index contributed by atoms with van der Waals surface area (Å²) < 4.78 is 29.4. The first-order valence-corrected chi connectivity index (χ1v) is 11.4. The highest BCUT2D eigenvalue weighted by molar-refractivity contribution is 6.35. The summed E-state index contributed by atoms with van der Waals surface area (Å²) in [6.07, 6.45) is 0.628. The van der Waals surface area contributed by atoms with Crippen molar-refractivity contribution in [1.29, 1.82) is 0 Å². The molecule has 0 aliphatic rings. The first-order chi connectivity index (χ1) is 16.6. The number of aryl methyl sites for hydroxylation is 2. The van der Waals surface area contributed by atoms with E-state index in [1.54, 1.807) is 28.9 Å². The van der Waals surface area contributed by atoms with Gasteiger partial charge in [-0.05, 0) is 47.9 Å². The van der Waals surface area contributed by atoms with E-state index >= 15 is 0 Å². The zero-order valence-electron chi connectivity index (χ0n) is 18.6. The van der Waals surface area contributed by atoms with Crippen LogP contribution in [-0.2, 0) is 34.9 Å². The standard InChI is InChI=1S/C25H20Cl2F2N4O2/c1-15(34)25(28,29)18-5-2-16(3-6-18)12-24(35)30-20-8-9-23-22(14-20)31-32-33(23)11-10-17-4-7-19(26)13-21(17)27/h2-9,13-14H,10-12H2,1H3,(H,30,35). The van der Waals surface area contributed by atoms with Crippen LogP contribution in [0.1, 0.15) is 23.6 Å². The number of fused-ring (bicyclic) bond motifs is 1. The summed E-state index contributed by atoms with van der Waals surface area (Å²) in [5.41, 5.74) is 3.03. The van der Waals surface area contributed by atoms with E-state index in [1.807, 2.05) is 12.1 Å². The van der Waals surface area contributed by atoms with E-state index in [1.165, 1.54) is 12.1 Å². The molecule has 0 aliphatic heterocycles. The molecule has 35 heavy (non-hydrogen) atoms. The van der Waals surface area contributed by atoms with Crippen molar-refractivity contribution in [3.63, 3.8) is 0 Å². The van der Waals surface area contributed by atoms with Gasteiger partial charge in [0, 0.05) is 34.8 Å². The Balaban J connectivity index is 1.39. The van der Waals surface area contributed by atoms with Crippen LogP contribution in [0.4, 0.5) is 14.5 Å². The van der Waals surface area contributed by atoms with Gasteiger partial charge in [0.05, 0.1) is 11.9 Å². The van der Waals surface area contributed by atoms with Crippen LogP contribution in [0.25, 0.3) is 11.0 Å². The van der Waals surface area contributed by atoms with Crippen molar-refractivity contribution in [3.05, 3.63) is 87.4 Å². The van der Waals surface area contributed by atoms with Gasteiger partial charge in [-0.3, -0.25) is 9.59 Å². The molecular weight excluding hydrogens is 497 g/mol. The minimum atomic E-state index is -3.55. The third-order valence-corrected chi connectivity index (χ3v) is 6.12. The molecule has 0 unspecified atom stereocenters. The van der Waals surface area contributed by atoms with Gasteiger partial charge >= 0.3 is 5.92 Å². The summed E-state index contributed by atoms with van der Waals surface area (Å²) in [5.74, 6) is -5.10. The molecule has 0 radical (unpaired) electrons. The van der Waals surface area contributed by atoms with Crippen molar-refractivity contribution in [2.24, 2.45) is 0 Å². The molecule has 0 saturated carbocycles. The van der Waals surface area contributed by atoms with Gasteiger partial charge in [0.2, 0.25) is 11.7 Å². The second-order valence-electron chi connectivity index (χ2n) is 8.05. The van der Waals surface area contributed by atoms with E-state index in [2.05, 4.69) is 15.6 Å². The van der Waals surface area contributed by atoms with Crippen molar-refractivity contribution >= 4 is 51.6 Å². The number of ketones is 1. The van der Waals surface area contributed by atoms with Crippen LogP contribution >= 0.6 is 23.2 Å². The largest absolute Gasteiger partial charge is 0.330 e. The normalized spacial score (nSPS) is 11.6. The minimum Gasteiger partial charge on any atom is -0.326 e. The fourth-order valence-electron chi connectivity index (χ4n) is 3.59. The van der Waals surface area contributed by atoms with E-state index in [-0.39, 0.29) is 12.3 Å². The van der Waals surface area contributed by atoms with Crippen LogP contribution in [0.15, 0.2) is 60.7 Å². The second kappa shape index (κ2) is 10.1. The molecule has 1 heterocycles. The average molecular weight is 517 g/mol. The number of anilines is 1. The van der Waals surface area contributed by atoms with Gasteiger partial charge in [0.1, 0.15) is 5.52 Å². The first kappa shape index (κ1) is 24.8. The number of aromatic nitrogens is 3. The lowest BCUT2D eigenvalue weighted by molar-refractivity contribution is -0.141. The molecule has 0 bridgehead atoms. The lowest BCUT2D eigenvalue weighted by Crippen LogP contribution is -2.23. The lowest BCUT2D eigenvalue weighted by Gasteiger charge is -2.13. The molecular formula is C25H20Cl2F2N4O2. The number of Topliss-reactive ketones (excluding diaryl/α,β-unsaturated/α-hetero) is 1. The maximum atomic E-state index is 13.8. The number of benzene rings is 3. The Labute approximate surface area is 209 Å². The van der Waals surface area contributed by atoms with Crippen LogP contribution in [0.2, 0.25) is 10.0 Å². The summed E-state index contributed by atoms with van der Waals surface area (Å²) >= 11 is 12.2. The van der Waals surface area contributed by atoms with Gasteiger partial charge in [-0.1, -0.05) is 58.7 Å². The quantitative estimate of drug-likeness (QED) is 0.319. The van der Waals surface area contributed by atoms with E-state index in [0.717, 1.165) is 30.1 Å². The van der Waals surface area contributed by atoms with Gasteiger partial charge in [-0.25, -0.2) is 4.68 Å². The highest BCUT2D eigenvalue weighted by Crippen LogP contribution is 2.29. The number of carbonyl (C=O) groups excluding carboxylic acids is 2. The van der Waals surface area contributed by atoms with Crippen molar-refractivity contribution in [2.45, 2.75) is 32.2 Å². The molecule has 0 fully saturated rings. The number of rotatable bonds is 8. The topological polar surface area (TPSA) is 76.9 Å². The average Bonchev–Trinajstić information content (AvgIpc) is 3.21. The second-order valence-corrected chi connectivity index (χ2v) is 8.90. The molecule has 1 aromatic heterocycles. The van der Waals surface area contributed by atoms with Crippen LogP contribution in [-0.4, -0.2) is 26.7 Å². The predicted molar refractivity (Wildman–Crippen MR) is 131 cm³/mol. The molecule has 4 rings (SSSR count). The monoisotopic (exact) mass is 516 g/mol. The third kappa shape index (κ3) is 5.66. The lowest BCUT2D eigenvalue weighted by atomic mass is 10.0. The number of amides is 1. The summed E-state index contributed by atoms with van der Waals surface area (Å²) in [5, 5.41) is 12.3. The Hall–Kier alpha value is -3.36. The van der Waals surface area contributed by atoms with Crippen LogP contribution in [0.5, 0.6) is 0 Å². The Morgan fingerprint density at radius 3 is 2.46 bits per heavy atom. The molecule has 180 valence electrons. The molecule has 6 nitrogen and oxygen atoms in total. The number of alkyl halides is 2. The number of halogens is 4. The number of carbonyl (C=O) groups is 2. The molecule has 0 spiro atoms. The van der Waals surface area contributed by atoms with Gasteiger partial charge in [0.25, 0.3) is 0 Å². The summed E-state index contributed by atoms with van der Waals surface area (Å²) in [6.45, 7) is 1.40. The Kier molecular flexibility index (Phi) is 7.14. The maximum Gasteiger partial charge on any atom is 0.330 e. The van der Waals surface area contributed by atoms with Gasteiger partial charge in [0.15, 0.2) is 0 Å². The molecule has 3 aromatic carbocycles. The van der Waals surface area contributed by atoms with Crippen LogP contribution in [0, 0.1) is 0 Å². The Morgan fingerprint density at radius 2 is 1.77 bits per heavy atom. The third-order valence-electron chi connectivity index (χ3n) is 5.53. The SMILES string of the molecule is CC(=O)C(F)(F)c1ccc(CC(=O)Nc2ccc3c(c2)nnn3CCc2ccc(Cl)cc2Cl)cc1. The maximum absolute atomic E-state index is 13.8. The van der Waals surface area contributed by atoms with Crippen molar-refractivity contribution in [1.82, 2.24) is 15.0 Å². The molecule has 0 saturated heterocycles. The number of nitrogens with zero attached hydrogens (tertiary/aromatic N) is 3. The van der Waals surface area contributed by atoms with Crippen molar-refractivity contribution in [2.75, 3.05) is 5.32 Å². The Morgan fingerprint density at radius 1 is 1.03 bits per heavy atom. The van der Waals surface area contributed by atoms with Crippen LogP contribution in [0.3, 0.4) is 0 Å². The van der Waals surface area contributed by atoms with Gasteiger partial charge in [-0.15, -0.1) is 5.10 Å². The van der Waals surface area contributed by atoms with Crippen LogP contribution < -0.4 is 5.32 Å². The molecule has 1 N–H and O–H groups in total. The van der Waals surface area contributed by atoms with E-state index in [9.17, 15) is 18.4 Å². The molecule has 10 heteroatoms. The summed E-state index contributed by atoms with van der Waals surface area (Å²) in [6, 6.07) is 15.8. The zero-order chi connectivity index (χ0) is 25.2. The minimum absolute atomic E-state index is 0.0154. The molecule has 0 aliphatic carbocycles. The summed E-state index contributed by atoms with van der Waals surface area (Å²) in [4.78, 5) is 23.6. The van der Waals surface area contributed by atoms with Gasteiger partial charge < -0.3 is 5.32 Å². The predicted octanol–water partition coefficient (Wildman–Crippen LogP) is 5.84. The fourth-order valence-corrected chi connectivity index (χ4v) is 4.09. The van der Waals surface area contributed by atoms with E-state index in [0.29, 0.717) is 39.8 Å². The highest BCUT2D eigenvalue weighted by Gasteiger charge is 2.37. The fraction of sp³-hybridized carbons (Fsp3) is 0.200. The van der Waals surface area contributed by atoms with Gasteiger partial charge in [-0.2, -0.15) is 8.78 Å². The molecule has 0 atom stereocenters. The van der Waals surface area contributed by atoms with E-state index < -0.39 is 17.3 Å². The number of hydrogen-bond donors (Lipinski definition) is 1. The molecule has 1 amide bonds. The molecule has 4 aromatic rings. The smallest absolute Gasteiger partial charge is 0.326 e. The Bertz CT molecular complexity index is 1400. The number of hydrogen-bond acceptors (Lipinski definition) is 4. The zero-order valence-corrected chi connectivity index (χ0v) is 20.1. The van der Waals surface area contributed by atoms with E-state index in [4.69, 9.17) is 23.2 Å². The highest BCUT2D eigenvalue weighted by atomic mass is 35.5. The van der Waals surface area contributed by atoms with Crippen molar-refractivity contribution in [3.8, 4) is 0 Å².